The molecule has 2 atom stereocenters. The number of rotatable bonds is 8. The minimum absolute atomic E-state index is 0.0809. The van der Waals surface area contributed by atoms with E-state index in [-0.39, 0.29) is 5.91 Å². The van der Waals surface area contributed by atoms with Crippen LogP contribution in [-0.4, -0.2) is 29.7 Å². The molecule has 0 saturated heterocycles. The highest BCUT2D eigenvalue weighted by Crippen LogP contribution is 2.28. The third-order valence-electron chi connectivity index (χ3n) is 5.81. The molecule has 3 aromatic rings. The molecule has 1 aliphatic rings. The highest BCUT2D eigenvalue weighted by atomic mass is 32.2. The maximum Gasteiger partial charge on any atom is 0.230 e. The number of nitrogens with zero attached hydrogens (tertiary/aromatic N) is 1. The lowest BCUT2D eigenvalue weighted by atomic mass is 9.81. The SMILES string of the molecule is NCC1CCCC(CNC(=O)CSCc2nc3cc(-c4ccccc4)ccc3o2)C1. The molecule has 5 nitrogen and oxygen atoms in total. The van der Waals surface area contributed by atoms with E-state index in [2.05, 4.69) is 22.4 Å². The molecule has 0 aliphatic heterocycles. The first-order valence-electron chi connectivity index (χ1n) is 10.7. The quantitative estimate of drug-likeness (QED) is 0.553. The minimum Gasteiger partial charge on any atom is -0.440 e. The number of nitrogens with one attached hydrogen (secondary N) is 1. The largest absolute Gasteiger partial charge is 0.440 e. The van der Waals surface area contributed by atoms with E-state index in [0.29, 0.717) is 29.2 Å². The highest BCUT2D eigenvalue weighted by molar-refractivity contribution is 7.99. The normalized spacial score (nSPS) is 19.1. The predicted octanol–water partition coefficient (Wildman–Crippen LogP) is 4.61. The number of nitrogens with two attached hydrogens (primary N) is 1. The van der Waals surface area contributed by atoms with E-state index in [1.165, 1.54) is 31.0 Å². The molecule has 1 aromatic heterocycles. The summed E-state index contributed by atoms with van der Waals surface area (Å²) >= 11 is 1.53. The van der Waals surface area contributed by atoms with E-state index in [4.69, 9.17) is 10.2 Å². The zero-order valence-corrected chi connectivity index (χ0v) is 18.0. The Morgan fingerprint density at radius 2 is 1.97 bits per heavy atom. The van der Waals surface area contributed by atoms with Gasteiger partial charge in [0.2, 0.25) is 11.8 Å². The van der Waals surface area contributed by atoms with Crippen molar-refractivity contribution >= 4 is 28.8 Å². The Balaban J connectivity index is 1.25. The third-order valence-corrected chi connectivity index (χ3v) is 6.73. The predicted molar refractivity (Wildman–Crippen MR) is 123 cm³/mol. The van der Waals surface area contributed by atoms with Gasteiger partial charge in [0.05, 0.1) is 11.5 Å². The molecular formula is C24H29N3O2S. The van der Waals surface area contributed by atoms with Gasteiger partial charge in [-0.15, -0.1) is 11.8 Å². The summed E-state index contributed by atoms with van der Waals surface area (Å²) in [6.45, 7) is 1.53. The Bertz CT molecular complexity index is 973. The molecular weight excluding hydrogens is 394 g/mol. The van der Waals surface area contributed by atoms with E-state index in [1.807, 2.05) is 36.4 Å². The van der Waals surface area contributed by atoms with Crippen molar-refractivity contribution in [2.24, 2.45) is 17.6 Å². The van der Waals surface area contributed by atoms with Crippen molar-refractivity contribution < 1.29 is 9.21 Å². The number of hydrogen-bond acceptors (Lipinski definition) is 5. The van der Waals surface area contributed by atoms with Crippen LogP contribution in [0.1, 0.15) is 31.6 Å². The van der Waals surface area contributed by atoms with Crippen LogP contribution in [0.5, 0.6) is 0 Å². The third kappa shape index (κ3) is 5.43. The maximum atomic E-state index is 12.2. The molecule has 0 radical (unpaired) electrons. The molecule has 0 bridgehead atoms. The summed E-state index contributed by atoms with van der Waals surface area (Å²) in [7, 11) is 0. The number of fused-ring (bicyclic) bond motifs is 1. The van der Waals surface area contributed by atoms with E-state index in [1.54, 1.807) is 0 Å². The van der Waals surface area contributed by atoms with Crippen LogP contribution in [0.25, 0.3) is 22.2 Å². The molecule has 158 valence electrons. The lowest BCUT2D eigenvalue weighted by Crippen LogP contribution is -2.34. The van der Waals surface area contributed by atoms with Gasteiger partial charge in [0.25, 0.3) is 0 Å². The summed E-state index contributed by atoms with van der Waals surface area (Å²) < 4.78 is 5.84. The smallest absolute Gasteiger partial charge is 0.230 e. The number of carbonyl (C=O) groups is 1. The molecule has 6 heteroatoms. The molecule has 1 amide bonds. The first kappa shape index (κ1) is 20.9. The van der Waals surface area contributed by atoms with Gasteiger partial charge in [0.1, 0.15) is 5.52 Å². The van der Waals surface area contributed by atoms with Crippen LogP contribution in [0.15, 0.2) is 52.9 Å². The zero-order chi connectivity index (χ0) is 20.8. The fourth-order valence-corrected chi connectivity index (χ4v) is 4.88. The van der Waals surface area contributed by atoms with Crippen molar-refractivity contribution in [3.63, 3.8) is 0 Å². The molecule has 4 rings (SSSR count). The zero-order valence-electron chi connectivity index (χ0n) is 17.2. The van der Waals surface area contributed by atoms with Gasteiger partial charge in [-0.3, -0.25) is 4.79 Å². The summed E-state index contributed by atoms with van der Waals surface area (Å²) in [4.78, 5) is 16.8. The fraction of sp³-hybridized carbons (Fsp3) is 0.417. The van der Waals surface area contributed by atoms with E-state index < -0.39 is 0 Å². The molecule has 1 fully saturated rings. The van der Waals surface area contributed by atoms with Crippen LogP contribution in [0.3, 0.4) is 0 Å². The minimum atomic E-state index is 0.0809. The van der Waals surface area contributed by atoms with Crippen LogP contribution < -0.4 is 11.1 Å². The second kappa shape index (κ2) is 10.1. The molecule has 2 unspecified atom stereocenters. The fourth-order valence-electron chi connectivity index (χ4n) is 4.19. The van der Waals surface area contributed by atoms with Gasteiger partial charge in [0.15, 0.2) is 5.58 Å². The van der Waals surface area contributed by atoms with Gasteiger partial charge in [-0.25, -0.2) is 4.98 Å². The van der Waals surface area contributed by atoms with Crippen molar-refractivity contribution in [3.05, 3.63) is 54.4 Å². The Morgan fingerprint density at radius 3 is 2.80 bits per heavy atom. The molecule has 1 saturated carbocycles. The van der Waals surface area contributed by atoms with Gasteiger partial charge in [0, 0.05) is 6.54 Å². The number of oxazole rings is 1. The van der Waals surface area contributed by atoms with Crippen molar-refractivity contribution in [2.45, 2.75) is 31.4 Å². The van der Waals surface area contributed by atoms with Gasteiger partial charge in [-0.2, -0.15) is 0 Å². The topological polar surface area (TPSA) is 81.1 Å². The summed E-state index contributed by atoms with van der Waals surface area (Å²) in [5.74, 6) is 2.93. The van der Waals surface area contributed by atoms with Crippen molar-refractivity contribution in [1.82, 2.24) is 10.3 Å². The first-order valence-corrected chi connectivity index (χ1v) is 11.9. The van der Waals surface area contributed by atoms with Crippen molar-refractivity contribution in [3.8, 4) is 11.1 Å². The van der Waals surface area contributed by atoms with E-state index >= 15 is 0 Å². The van der Waals surface area contributed by atoms with E-state index in [9.17, 15) is 4.79 Å². The van der Waals surface area contributed by atoms with E-state index in [0.717, 1.165) is 41.7 Å². The molecule has 30 heavy (non-hydrogen) atoms. The molecule has 2 aromatic carbocycles. The first-order chi connectivity index (χ1) is 14.7. The Morgan fingerprint density at radius 1 is 1.13 bits per heavy atom. The molecule has 1 heterocycles. The van der Waals surface area contributed by atoms with Crippen molar-refractivity contribution in [1.29, 1.82) is 0 Å². The molecule has 3 N–H and O–H groups in total. The summed E-state index contributed by atoms with van der Waals surface area (Å²) in [5, 5.41) is 3.08. The lowest BCUT2D eigenvalue weighted by Gasteiger charge is -2.28. The standard InChI is InChI=1S/C24H29N3O2S/c25-13-17-5-4-6-18(11-17)14-26-23(28)15-30-16-24-27-21-12-20(9-10-22(21)29-24)19-7-2-1-3-8-19/h1-3,7-10,12,17-18H,4-6,11,13-16,25H2,(H,26,28). The monoisotopic (exact) mass is 423 g/mol. The molecule has 1 aliphatic carbocycles. The summed E-state index contributed by atoms with van der Waals surface area (Å²) in [6, 6.07) is 16.3. The average molecular weight is 424 g/mol. The van der Waals surface area contributed by atoms with Crippen LogP contribution in [0.2, 0.25) is 0 Å². The number of carbonyl (C=O) groups excluding carboxylic acids is 1. The van der Waals surface area contributed by atoms with Gasteiger partial charge in [-0.05, 0) is 60.9 Å². The number of thioether (sulfide) groups is 1. The number of hydrogen-bond donors (Lipinski definition) is 2. The van der Waals surface area contributed by atoms with Crippen LogP contribution in [0, 0.1) is 11.8 Å². The second-order valence-corrected chi connectivity index (χ2v) is 9.07. The number of aromatic nitrogens is 1. The average Bonchev–Trinajstić information content (AvgIpc) is 3.20. The van der Waals surface area contributed by atoms with Gasteiger partial charge < -0.3 is 15.5 Å². The number of amides is 1. The van der Waals surface area contributed by atoms with Crippen LogP contribution in [-0.2, 0) is 10.5 Å². The Hall–Kier alpha value is -2.31. The highest BCUT2D eigenvalue weighted by Gasteiger charge is 2.21. The number of benzene rings is 2. The van der Waals surface area contributed by atoms with Gasteiger partial charge in [-0.1, -0.05) is 42.8 Å². The molecule has 0 spiro atoms. The maximum absolute atomic E-state index is 12.2. The van der Waals surface area contributed by atoms with Gasteiger partial charge >= 0.3 is 0 Å². The Labute approximate surface area is 181 Å². The second-order valence-electron chi connectivity index (χ2n) is 8.09. The van der Waals surface area contributed by atoms with Crippen molar-refractivity contribution in [2.75, 3.05) is 18.8 Å². The van der Waals surface area contributed by atoms with Crippen LogP contribution in [0.4, 0.5) is 0 Å². The summed E-state index contributed by atoms with van der Waals surface area (Å²) in [5.41, 5.74) is 9.71. The summed E-state index contributed by atoms with van der Waals surface area (Å²) in [6.07, 6.45) is 4.78. The van der Waals surface area contributed by atoms with Crippen LogP contribution >= 0.6 is 11.8 Å². The Kier molecular flexibility index (Phi) is 7.07. The lowest BCUT2D eigenvalue weighted by molar-refractivity contribution is -0.118.